The lowest BCUT2D eigenvalue weighted by molar-refractivity contribution is -0.642. The van der Waals surface area contributed by atoms with Crippen LogP contribution >= 0.6 is 0 Å². The van der Waals surface area contributed by atoms with Gasteiger partial charge in [-0.25, -0.2) is 0 Å². The van der Waals surface area contributed by atoms with E-state index in [0.717, 1.165) is 43.6 Å². The van der Waals surface area contributed by atoms with E-state index in [9.17, 15) is 0 Å². The summed E-state index contributed by atoms with van der Waals surface area (Å²) >= 11 is 0. The highest BCUT2D eigenvalue weighted by Crippen LogP contribution is 2.49. The quantitative estimate of drug-likeness (QED) is 0.212. The summed E-state index contributed by atoms with van der Waals surface area (Å²) in [5.74, 6) is 4.19. The van der Waals surface area contributed by atoms with Gasteiger partial charge in [0.15, 0.2) is 40.7 Å². The van der Waals surface area contributed by atoms with Crippen molar-refractivity contribution in [1.82, 2.24) is 0 Å². The largest absolute Gasteiger partial charge is 1.00 e. The summed E-state index contributed by atoms with van der Waals surface area (Å²) in [4.78, 5) is 0. The third kappa shape index (κ3) is 4.29. The predicted molar refractivity (Wildman–Crippen MR) is 151 cm³/mol. The van der Waals surface area contributed by atoms with Crippen LogP contribution in [0, 0.1) is 0 Å². The summed E-state index contributed by atoms with van der Waals surface area (Å²) < 4.78 is 42.0. The Morgan fingerprint density at radius 1 is 0.475 bits per heavy atom. The van der Waals surface area contributed by atoms with Crippen LogP contribution in [0.25, 0.3) is 43.6 Å². The number of halogens is 1. The fourth-order valence-electron chi connectivity index (χ4n) is 5.45. The van der Waals surface area contributed by atoms with Gasteiger partial charge >= 0.3 is 0 Å². The molecule has 5 rings (SSSR count). The average molecular weight is 566 g/mol. The van der Waals surface area contributed by atoms with Crippen molar-refractivity contribution in [2.75, 3.05) is 49.8 Å². The second kappa shape index (κ2) is 11.4. The first-order chi connectivity index (χ1) is 19.0. The zero-order valence-corrected chi connectivity index (χ0v) is 24.6. The van der Waals surface area contributed by atoms with Crippen molar-refractivity contribution in [3.05, 3.63) is 48.7 Å². The smallest absolute Gasteiger partial charge is 0.220 e. The van der Waals surface area contributed by atoms with Crippen molar-refractivity contribution in [2.45, 2.75) is 0 Å². The Bertz CT molecular complexity index is 1710. The number of pyridine rings is 1. The van der Waals surface area contributed by atoms with Gasteiger partial charge in [-0.05, 0) is 42.0 Å². The van der Waals surface area contributed by atoms with Gasteiger partial charge in [-0.1, -0.05) is 6.07 Å². The third-order valence-corrected chi connectivity index (χ3v) is 7.14. The second-order valence-corrected chi connectivity index (χ2v) is 8.96. The van der Waals surface area contributed by atoms with E-state index >= 15 is 0 Å². The van der Waals surface area contributed by atoms with E-state index in [1.165, 1.54) is 0 Å². The number of aromatic nitrogens is 1. The zero-order chi connectivity index (χ0) is 27.8. The number of hydrogen-bond donors (Lipinski definition) is 0. The molecule has 0 aliphatic heterocycles. The van der Waals surface area contributed by atoms with Gasteiger partial charge in [0.1, 0.15) is 7.05 Å². The van der Waals surface area contributed by atoms with Crippen molar-refractivity contribution in [3.63, 3.8) is 0 Å². The van der Waals surface area contributed by atoms with E-state index in [1.807, 2.05) is 31.3 Å². The Labute approximate surface area is 239 Å². The van der Waals surface area contributed by atoms with E-state index in [-0.39, 0.29) is 12.4 Å². The van der Waals surface area contributed by atoms with E-state index in [4.69, 9.17) is 33.2 Å². The molecule has 5 aromatic rings. The predicted octanol–water partition coefficient (Wildman–Crippen LogP) is 2.70. The molecule has 0 amide bonds. The molecule has 9 heteroatoms. The molecule has 210 valence electrons. The Morgan fingerprint density at radius 2 is 1.00 bits per heavy atom. The monoisotopic (exact) mass is 565 g/mol. The topological polar surface area (TPSA) is 68.5 Å². The highest BCUT2D eigenvalue weighted by molar-refractivity contribution is 6.18. The molecule has 0 bridgehead atoms. The maximum atomic E-state index is 5.93. The standard InChI is InChI=1S/C31H32NO7.ClH/c1-32-16-22-18(11-12-23(33-2)29(22)37-6)20-10-9-19-21(28(20)32)15-26(36-5)31(39-8)27(19)17-13-24(34-3)30(38-7)25(14-17)35-4;/h9-16H,1-8H3;1H/q+1;/p-1. The minimum atomic E-state index is 0. The molecule has 4 aromatic carbocycles. The molecular weight excluding hydrogens is 534 g/mol. The van der Waals surface area contributed by atoms with Gasteiger partial charge in [0.25, 0.3) is 0 Å². The molecule has 0 spiro atoms. The van der Waals surface area contributed by atoms with Crippen LogP contribution in [0.1, 0.15) is 0 Å². The minimum absolute atomic E-state index is 0. The lowest BCUT2D eigenvalue weighted by Gasteiger charge is -2.19. The Morgan fingerprint density at radius 3 is 1.55 bits per heavy atom. The van der Waals surface area contributed by atoms with E-state index in [0.29, 0.717) is 40.2 Å². The number of aryl methyl sites for hydroxylation is 1. The minimum Gasteiger partial charge on any atom is -1.00 e. The summed E-state index contributed by atoms with van der Waals surface area (Å²) in [7, 11) is 13.4. The summed E-state index contributed by atoms with van der Waals surface area (Å²) in [6.45, 7) is 0. The molecule has 8 nitrogen and oxygen atoms in total. The number of ether oxygens (including phenoxy) is 7. The Balaban J connectivity index is 0.00000370. The normalized spacial score (nSPS) is 10.8. The molecule has 0 aliphatic rings. The van der Waals surface area contributed by atoms with Crippen molar-refractivity contribution in [1.29, 1.82) is 0 Å². The molecular formula is C31H32ClNO7. The van der Waals surface area contributed by atoms with Gasteiger partial charge in [-0.3, -0.25) is 0 Å². The van der Waals surface area contributed by atoms with Crippen molar-refractivity contribution in [3.8, 4) is 51.4 Å². The fourth-order valence-corrected chi connectivity index (χ4v) is 5.45. The maximum Gasteiger partial charge on any atom is 0.220 e. The number of fused-ring (bicyclic) bond motifs is 5. The van der Waals surface area contributed by atoms with Gasteiger partial charge in [0, 0.05) is 16.3 Å². The first-order valence-electron chi connectivity index (χ1n) is 12.3. The summed E-state index contributed by atoms with van der Waals surface area (Å²) in [5, 5.41) is 5.03. The van der Waals surface area contributed by atoms with Gasteiger partial charge < -0.3 is 45.6 Å². The molecule has 40 heavy (non-hydrogen) atoms. The van der Waals surface area contributed by atoms with Gasteiger partial charge in [-0.2, -0.15) is 4.57 Å². The molecule has 0 fully saturated rings. The molecule has 1 aromatic heterocycles. The molecule has 0 saturated carbocycles. The lowest BCUT2D eigenvalue weighted by Crippen LogP contribution is -3.00. The first kappa shape index (κ1) is 28.7. The highest BCUT2D eigenvalue weighted by atomic mass is 35.5. The van der Waals surface area contributed by atoms with E-state index in [1.54, 1.807) is 49.8 Å². The summed E-state index contributed by atoms with van der Waals surface area (Å²) in [6, 6.07) is 14.1. The van der Waals surface area contributed by atoms with Gasteiger partial charge in [0.2, 0.25) is 11.3 Å². The van der Waals surface area contributed by atoms with Crippen molar-refractivity contribution in [2.24, 2.45) is 7.05 Å². The van der Waals surface area contributed by atoms with Crippen LogP contribution in [0.4, 0.5) is 0 Å². The van der Waals surface area contributed by atoms with E-state index in [2.05, 4.69) is 29.0 Å². The summed E-state index contributed by atoms with van der Waals surface area (Å²) in [5.41, 5.74) is 2.71. The Kier molecular flexibility index (Phi) is 8.21. The van der Waals surface area contributed by atoms with Crippen LogP contribution in [-0.4, -0.2) is 49.8 Å². The molecule has 0 radical (unpaired) electrons. The molecule has 0 N–H and O–H groups in total. The van der Waals surface area contributed by atoms with Gasteiger partial charge in [-0.15, -0.1) is 0 Å². The number of rotatable bonds is 8. The van der Waals surface area contributed by atoms with Crippen LogP contribution in [-0.2, 0) is 7.05 Å². The third-order valence-electron chi connectivity index (χ3n) is 7.14. The fraction of sp³-hybridized carbons (Fsp3) is 0.258. The van der Waals surface area contributed by atoms with Crippen LogP contribution in [0.2, 0.25) is 0 Å². The molecule has 0 unspecified atom stereocenters. The highest BCUT2D eigenvalue weighted by Gasteiger charge is 2.25. The Hall–Kier alpha value is -4.30. The molecule has 1 heterocycles. The number of methoxy groups -OCH3 is 7. The van der Waals surface area contributed by atoms with Crippen molar-refractivity contribution >= 4 is 32.4 Å². The van der Waals surface area contributed by atoms with E-state index < -0.39 is 0 Å². The van der Waals surface area contributed by atoms with Crippen LogP contribution in [0.15, 0.2) is 48.7 Å². The molecule has 0 aliphatic carbocycles. The van der Waals surface area contributed by atoms with Crippen LogP contribution in [0.3, 0.4) is 0 Å². The van der Waals surface area contributed by atoms with Gasteiger partial charge in [0.05, 0.1) is 65.9 Å². The lowest BCUT2D eigenvalue weighted by atomic mass is 9.93. The second-order valence-electron chi connectivity index (χ2n) is 8.96. The SMILES string of the molecule is COc1cc(-c2c(OC)c(OC)cc3c2ccc2c4ccc(OC)c(OC)c4c[n+](C)c32)cc(OC)c1OC.[Cl-]. The number of benzene rings is 4. The summed E-state index contributed by atoms with van der Waals surface area (Å²) in [6.07, 6.45) is 2.06. The number of hydrogen-bond acceptors (Lipinski definition) is 7. The van der Waals surface area contributed by atoms with Crippen molar-refractivity contribution < 1.29 is 50.1 Å². The van der Waals surface area contributed by atoms with Crippen LogP contribution < -0.4 is 50.1 Å². The number of nitrogens with zero attached hydrogens (tertiary/aromatic N) is 1. The molecule has 0 atom stereocenters. The molecule has 0 saturated heterocycles. The van der Waals surface area contributed by atoms with Crippen LogP contribution in [0.5, 0.6) is 40.2 Å². The first-order valence-corrected chi connectivity index (χ1v) is 12.3. The zero-order valence-electron chi connectivity index (χ0n) is 23.8. The maximum absolute atomic E-state index is 5.93. The average Bonchev–Trinajstić information content (AvgIpc) is 2.97.